The molecular weight excluding hydrogens is 403 g/mol. The molecule has 3 rings (SSSR count). The summed E-state index contributed by atoms with van der Waals surface area (Å²) in [6.07, 6.45) is 1.96. The van der Waals surface area contributed by atoms with Gasteiger partial charge in [0.25, 0.3) is 0 Å². The third-order valence-electron chi connectivity index (χ3n) is 2.57. The maximum atomic E-state index is 6.94. The van der Waals surface area contributed by atoms with Crippen molar-refractivity contribution in [2.75, 3.05) is 0 Å². The molecule has 1 heterocycles. The standard InChI is InChI=1S/C13H10N.C4H10N.C2H6Si.2ClH.Ti/c1-2-5-11-10(4-1)7-8-12(11)13-6-3-9-14-13;1-4(2,3)5;1-3-2;;;/h1-9,14H;5H,1-3H3;1-2H3;2*1H;/q2*-1;;;;+4/p-2. The van der Waals surface area contributed by atoms with Gasteiger partial charge in [-0.2, -0.15) is 0 Å². The molecule has 2 aromatic carbocycles. The van der Waals surface area contributed by atoms with E-state index in [2.05, 4.69) is 60.5 Å². The van der Waals surface area contributed by atoms with Crippen LogP contribution in [0.3, 0.4) is 0 Å². The Hall–Kier alpha value is -0.419. The second-order valence-electron chi connectivity index (χ2n) is 6.17. The normalized spacial score (nSPS) is 9.20. The van der Waals surface area contributed by atoms with Crippen LogP contribution in [0.1, 0.15) is 20.8 Å². The first-order valence-electron chi connectivity index (χ1n) is 7.48. The first-order chi connectivity index (χ1) is 10.4. The van der Waals surface area contributed by atoms with Crippen LogP contribution in [0.25, 0.3) is 27.8 Å². The summed E-state index contributed by atoms with van der Waals surface area (Å²) in [4.78, 5) is 3.23. The molecule has 2 radical (unpaired) electrons. The van der Waals surface area contributed by atoms with Gasteiger partial charge in [-0.3, -0.25) is 0 Å². The Kier molecular flexibility index (Phi) is 17.3. The first kappa shape index (κ1) is 29.3. The number of aromatic nitrogens is 1. The number of benzene rings is 1. The van der Waals surface area contributed by atoms with Gasteiger partial charge < -0.3 is 35.5 Å². The SMILES string of the molecule is CC(C)(C)[NH-].C[Si]C.[Cl-].[Cl-].[Ti+4].c1c[nH]c(-c2c[cH-]c3ccccc23)c1. The van der Waals surface area contributed by atoms with Crippen molar-refractivity contribution >= 4 is 20.3 Å². The predicted octanol–water partition coefficient (Wildman–Crippen LogP) is 0.183. The molecule has 6 heteroatoms. The van der Waals surface area contributed by atoms with Crippen molar-refractivity contribution in [3.8, 4) is 11.3 Å². The average molecular weight is 429 g/mol. The fourth-order valence-electron chi connectivity index (χ4n) is 1.88. The number of hydrogen-bond acceptors (Lipinski definition) is 0. The second-order valence-corrected chi connectivity index (χ2v) is 7.17. The Morgan fingerprint density at radius 1 is 1.00 bits per heavy atom. The molecule has 2 N–H and O–H groups in total. The number of nitrogens with one attached hydrogen (secondary N) is 2. The van der Waals surface area contributed by atoms with Crippen LogP contribution in [-0.2, 0) is 21.7 Å². The maximum Gasteiger partial charge on any atom is 4.00 e. The predicted molar refractivity (Wildman–Crippen MR) is 101 cm³/mol. The molecule has 0 spiro atoms. The topological polar surface area (TPSA) is 39.6 Å². The number of halogens is 2. The molecule has 0 aliphatic carbocycles. The number of rotatable bonds is 1. The van der Waals surface area contributed by atoms with Gasteiger partial charge in [-0.05, 0) is 17.8 Å². The van der Waals surface area contributed by atoms with Crippen molar-refractivity contribution in [3.63, 3.8) is 0 Å². The Bertz CT molecular complexity index is 655. The summed E-state index contributed by atoms with van der Waals surface area (Å²) in [6.45, 7) is 9.87. The summed E-state index contributed by atoms with van der Waals surface area (Å²) in [6, 6.07) is 16.9. The van der Waals surface area contributed by atoms with E-state index in [0.717, 1.165) is 9.52 Å². The molecular formula is C19H26Cl2N2SiTi. The van der Waals surface area contributed by atoms with E-state index >= 15 is 0 Å². The van der Waals surface area contributed by atoms with Crippen LogP contribution in [0.2, 0.25) is 13.1 Å². The molecule has 134 valence electrons. The van der Waals surface area contributed by atoms with E-state index < -0.39 is 0 Å². The molecule has 0 saturated carbocycles. The van der Waals surface area contributed by atoms with Crippen molar-refractivity contribution in [3.05, 3.63) is 60.5 Å². The van der Waals surface area contributed by atoms with Gasteiger partial charge in [-0.1, -0.05) is 39.9 Å². The fraction of sp³-hybridized carbons (Fsp3) is 0.316. The summed E-state index contributed by atoms with van der Waals surface area (Å²) in [5.41, 5.74) is 9.16. The average Bonchev–Trinajstić information content (AvgIpc) is 3.06. The van der Waals surface area contributed by atoms with Gasteiger partial charge in [0.2, 0.25) is 0 Å². The van der Waals surface area contributed by atoms with Gasteiger partial charge in [0.05, 0.1) is 0 Å². The molecule has 25 heavy (non-hydrogen) atoms. The first-order valence-corrected chi connectivity index (χ1v) is 9.48. The summed E-state index contributed by atoms with van der Waals surface area (Å²) in [7, 11) is 1.08. The van der Waals surface area contributed by atoms with Crippen LogP contribution >= 0.6 is 0 Å². The molecule has 0 amide bonds. The molecule has 2 nitrogen and oxygen atoms in total. The summed E-state index contributed by atoms with van der Waals surface area (Å²) in [5, 5.41) is 2.62. The van der Waals surface area contributed by atoms with E-state index in [1.54, 1.807) is 0 Å². The minimum atomic E-state index is -0.250. The molecule has 1 aromatic heterocycles. The van der Waals surface area contributed by atoms with Crippen molar-refractivity contribution in [2.45, 2.75) is 39.4 Å². The minimum absolute atomic E-state index is 0. The smallest absolute Gasteiger partial charge is 1.00 e. The number of H-pyrrole nitrogens is 1. The number of hydrogen-bond donors (Lipinski definition) is 1. The van der Waals surface area contributed by atoms with E-state index in [9.17, 15) is 0 Å². The van der Waals surface area contributed by atoms with Gasteiger partial charge in [-0.25, -0.2) is 0 Å². The second kappa shape index (κ2) is 14.7. The summed E-state index contributed by atoms with van der Waals surface area (Å²) < 4.78 is 0. The third kappa shape index (κ3) is 11.7. The van der Waals surface area contributed by atoms with Gasteiger partial charge >= 0.3 is 21.7 Å². The monoisotopic (exact) mass is 428 g/mol. The van der Waals surface area contributed by atoms with Crippen molar-refractivity contribution in [1.82, 2.24) is 4.98 Å². The largest absolute Gasteiger partial charge is 4.00 e. The molecule has 0 fully saturated rings. The molecule has 3 aromatic rings. The van der Waals surface area contributed by atoms with Gasteiger partial charge in [-0.15, -0.1) is 52.2 Å². The van der Waals surface area contributed by atoms with Crippen molar-refractivity contribution in [2.24, 2.45) is 0 Å². The van der Waals surface area contributed by atoms with E-state index in [-0.39, 0.29) is 52.1 Å². The molecule has 0 atom stereocenters. The van der Waals surface area contributed by atoms with E-state index in [0.29, 0.717) is 0 Å². The van der Waals surface area contributed by atoms with Crippen LogP contribution in [0, 0.1) is 0 Å². The molecule has 0 aliphatic heterocycles. The Morgan fingerprint density at radius 3 is 2.00 bits per heavy atom. The zero-order chi connectivity index (χ0) is 16.6. The van der Waals surface area contributed by atoms with Gasteiger partial charge in [0, 0.05) is 15.7 Å². The van der Waals surface area contributed by atoms with Crippen molar-refractivity contribution < 1.29 is 46.5 Å². The maximum absolute atomic E-state index is 6.94. The van der Waals surface area contributed by atoms with Gasteiger partial charge in [0.1, 0.15) is 0 Å². The zero-order valence-corrected chi connectivity index (χ0v) is 19.5. The van der Waals surface area contributed by atoms with Gasteiger partial charge in [0.15, 0.2) is 0 Å². The van der Waals surface area contributed by atoms with E-state index in [4.69, 9.17) is 5.73 Å². The quantitative estimate of drug-likeness (QED) is 0.424. The summed E-state index contributed by atoms with van der Waals surface area (Å²) >= 11 is 0. The Balaban J connectivity index is -0.000000384. The number of fused-ring (bicyclic) bond motifs is 1. The Morgan fingerprint density at radius 2 is 1.52 bits per heavy atom. The third-order valence-corrected chi connectivity index (χ3v) is 2.57. The van der Waals surface area contributed by atoms with Crippen LogP contribution in [0.5, 0.6) is 0 Å². The fourth-order valence-corrected chi connectivity index (χ4v) is 1.88. The van der Waals surface area contributed by atoms with Crippen LogP contribution < -0.4 is 24.8 Å². The number of aromatic amines is 1. The van der Waals surface area contributed by atoms with E-state index in [1.165, 1.54) is 22.0 Å². The van der Waals surface area contributed by atoms with Crippen molar-refractivity contribution in [1.29, 1.82) is 0 Å². The minimum Gasteiger partial charge on any atom is -1.00 e. The summed E-state index contributed by atoms with van der Waals surface area (Å²) in [5.74, 6) is 0. The molecule has 0 bridgehead atoms. The van der Waals surface area contributed by atoms with Crippen LogP contribution in [-0.4, -0.2) is 20.0 Å². The molecule has 0 aliphatic rings. The molecule has 0 saturated heterocycles. The van der Waals surface area contributed by atoms with Crippen LogP contribution in [0.15, 0.2) is 54.7 Å². The molecule has 0 unspecified atom stereocenters. The van der Waals surface area contributed by atoms with E-state index in [1.807, 2.05) is 33.0 Å². The van der Waals surface area contributed by atoms with Crippen LogP contribution in [0.4, 0.5) is 0 Å². The Labute approximate surface area is 182 Å². The zero-order valence-electron chi connectivity index (χ0n) is 15.5.